The van der Waals surface area contributed by atoms with E-state index in [4.69, 9.17) is 11.6 Å². The number of rotatable bonds is 5. The van der Waals surface area contributed by atoms with Gasteiger partial charge in [0.1, 0.15) is 0 Å². The Bertz CT molecular complexity index is 485. The smallest absolute Gasteiger partial charge is 0.0438 e. The predicted molar refractivity (Wildman–Crippen MR) is 75.7 cm³/mol. The van der Waals surface area contributed by atoms with Crippen LogP contribution in [0, 0.1) is 0 Å². The summed E-state index contributed by atoms with van der Waals surface area (Å²) in [5, 5.41) is 4.33. The third-order valence-electron chi connectivity index (χ3n) is 2.89. The molecule has 0 spiro atoms. The summed E-state index contributed by atoms with van der Waals surface area (Å²) in [7, 11) is 0. The monoisotopic (exact) mass is 260 g/mol. The summed E-state index contributed by atoms with van der Waals surface area (Å²) in [5.41, 5.74) is 2.44. The van der Waals surface area contributed by atoms with Gasteiger partial charge < -0.3 is 5.32 Å². The number of halogens is 1. The molecule has 0 amide bonds. The SMILES string of the molecule is CC(Cc1ccccc1Cl)NCc1ccncc1. The summed E-state index contributed by atoms with van der Waals surface area (Å²) in [6.07, 6.45) is 4.57. The predicted octanol–water partition coefficient (Wildman–Crippen LogP) is 3.46. The molecule has 2 rings (SSSR count). The lowest BCUT2D eigenvalue weighted by Gasteiger charge is -2.14. The van der Waals surface area contributed by atoms with Crippen LogP contribution in [0.3, 0.4) is 0 Å². The molecule has 1 aromatic carbocycles. The number of nitrogens with zero attached hydrogens (tertiary/aromatic N) is 1. The first-order valence-corrected chi connectivity index (χ1v) is 6.49. The number of benzene rings is 1. The van der Waals surface area contributed by atoms with Gasteiger partial charge in [-0.3, -0.25) is 4.98 Å². The van der Waals surface area contributed by atoms with Crippen molar-refractivity contribution in [3.05, 3.63) is 64.9 Å². The van der Waals surface area contributed by atoms with Crippen LogP contribution in [-0.2, 0) is 13.0 Å². The normalized spacial score (nSPS) is 12.3. The first-order valence-electron chi connectivity index (χ1n) is 6.11. The molecule has 1 aromatic heterocycles. The molecule has 18 heavy (non-hydrogen) atoms. The van der Waals surface area contributed by atoms with Crippen molar-refractivity contribution >= 4 is 11.6 Å². The molecule has 0 saturated carbocycles. The molecule has 1 N–H and O–H groups in total. The van der Waals surface area contributed by atoms with Gasteiger partial charge in [-0.2, -0.15) is 0 Å². The van der Waals surface area contributed by atoms with E-state index >= 15 is 0 Å². The van der Waals surface area contributed by atoms with Crippen LogP contribution in [0.25, 0.3) is 0 Å². The summed E-state index contributed by atoms with van der Waals surface area (Å²) < 4.78 is 0. The van der Waals surface area contributed by atoms with Crippen molar-refractivity contribution in [2.75, 3.05) is 0 Å². The second kappa shape index (κ2) is 6.53. The van der Waals surface area contributed by atoms with Crippen molar-refractivity contribution in [2.45, 2.75) is 25.9 Å². The fourth-order valence-electron chi connectivity index (χ4n) is 1.86. The average Bonchev–Trinajstić information content (AvgIpc) is 2.40. The van der Waals surface area contributed by atoms with E-state index in [1.54, 1.807) is 0 Å². The maximum Gasteiger partial charge on any atom is 0.0438 e. The van der Waals surface area contributed by atoms with Crippen LogP contribution in [-0.4, -0.2) is 11.0 Å². The highest BCUT2D eigenvalue weighted by atomic mass is 35.5. The molecule has 0 saturated heterocycles. The molecule has 94 valence electrons. The minimum Gasteiger partial charge on any atom is -0.310 e. The second-order valence-corrected chi connectivity index (χ2v) is 4.84. The Morgan fingerprint density at radius 2 is 1.89 bits per heavy atom. The van der Waals surface area contributed by atoms with E-state index in [-0.39, 0.29) is 0 Å². The maximum absolute atomic E-state index is 6.15. The minimum absolute atomic E-state index is 0.387. The molecule has 0 fully saturated rings. The Labute approximate surface area is 113 Å². The molecule has 3 heteroatoms. The van der Waals surface area contributed by atoms with E-state index in [1.165, 1.54) is 11.1 Å². The Morgan fingerprint density at radius 1 is 1.17 bits per heavy atom. The molecule has 0 radical (unpaired) electrons. The second-order valence-electron chi connectivity index (χ2n) is 4.43. The van der Waals surface area contributed by atoms with Crippen LogP contribution in [0.1, 0.15) is 18.1 Å². The van der Waals surface area contributed by atoms with Crippen LogP contribution >= 0.6 is 11.6 Å². The summed E-state index contributed by atoms with van der Waals surface area (Å²) in [6, 6.07) is 12.4. The number of aromatic nitrogens is 1. The van der Waals surface area contributed by atoms with Gasteiger partial charge in [0.15, 0.2) is 0 Å². The molecular formula is C15H17ClN2. The van der Waals surface area contributed by atoms with Crippen molar-refractivity contribution in [3.63, 3.8) is 0 Å². The number of hydrogen-bond donors (Lipinski definition) is 1. The van der Waals surface area contributed by atoms with E-state index in [2.05, 4.69) is 23.3 Å². The van der Waals surface area contributed by atoms with Gasteiger partial charge in [0.05, 0.1) is 0 Å². The summed E-state index contributed by atoms with van der Waals surface area (Å²) >= 11 is 6.15. The lowest BCUT2D eigenvalue weighted by Crippen LogP contribution is -2.27. The number of hydrogen-bond acceptors (Lipinski definition) is 2. The van der Waals surface area contributed by atoms with Crippen molar-refractivity contribution < 1.29 is 0 Å². The van der Waals surface area contributed by atoms with Crippen molar-refractivity contribution in [2.24, 2.45) is 0 Å². The van der Waals surface area contributed by atoms with Gasteiger partial charge >= 0.3 is 0 Å². The topological polar surface area (TPSA) is 24.9 Å². The first kappa shape index (κ1) is 13.1. The minimum atomic E-state index is 0.387. The van der Waals surface area contributed by atoms with Gasteiger partial charge in [0, 0.05) is 30.0 Å². The highest BCUT2D eigenvalue weighted by Gasteiger charge is 2.05. The zero-order chi connectivity index (χ0) is 12.8. The Balaban J connectivity index is 1.86. The summed E-state index contributed by atoms with van der Waals surface area (Å²) in [4.78, 5) is 4.01. The Hall–Kier alpha value is -1.38. The molecule has 1 unspecified atom stereocenters. The first-order chi connectivity index (χ1) is 8.75. The van der Waals surface area contributed by atoms with E-state index < -0.39 is 0 Å². The highest BCUT2D eigenvalue weighted by Crippen LogP contribution is 2.16. The van der Waals surface area contributed by atoms with Gasteiger partial charge in [-0.15, -0.1) is 0 Å². The standard InChI is InChI=1S/C15H17ClN2/c1-12(10-14-4-2-3-5-15(14)16)18-11-13-6-8-17-9-7-13/h2-9,12,18H,10-11H2,1H3. The van der Waals surface area contributed by atoms with E-state index in [9.17, 15) is 0 Å². The van der Waals surface area contributed by atoms with Crippen molar-refractivity contribution in [1.29, 1.82) is 0 Å². The molecule has 1 atom stereocenters. The zero-order valence-corrected chi connectivity index (χ0v) is 11.2. The molecule has 2 nitrogen and oxygen atoms in total. The third kappa shape index (κ3) is 3.83. The molecular weight excluding hydrogens is 244 g/mol. The molecule has 0 aliphatic rings. The van der Waals surface area contributed by atoms with Crippen LogP contribution in [0.5, 0.6) is 0 Å². The lowest BCUT2D eigenvalue weighted by molar-refractivity contribution is 0.545. The fraction of sp³-hybridized carbons (Fsp3) is 0.267. The maximum atomic E-state index is 6.15. The van der Waals surface area contributed by atoms with Crippen molar-refractivity contribution in [1.82, 2.24) is 10.3 Å². The number of pyridine rings is 1. The summed E-state index contributed by atoms with van der Waals surface area (Å²) in [5.74, 6) is 0. The highest BCUT2D eigenvalue weighted by molar-refractivity contribution is 6.31. The zero-order valence-electron chi connectivity index (χ0n) is 10.4. The average molecular weight is 261 g/mol. The van der Waals surface area contributed by atoms with Crippen LogP contribution in [0.2, 0.25) is 5.02 Å². The molecule has 0 bridgehead atoms. The van der Waals surface area contributed by atoms with Gasteiger partial charge in [0.2, 0.25) is 0 Å². The lowest BCUT2D eigenvalue weighted by atomic mass is 10.1. The number of nitrogens with one attached hydrogen (secondary N) is 1. The van der Waals surface area contributed by atoms with E-state index in [0.717, 1.165) is 18.0 Å². The Kier molecular flexibility index (Phi) is 4.73. The van der Waals surface area contributed by atoms with Crippen LogP contribution in [0.15, 0.2) is 48.8 Å². The van der Waals surface area contributed by atoms with Crippen LogP contribution in [0.4, 0.5) is 0 Å². The molecule has 2 aromatic rings. The van der Waals surface area contributed by atoms with Gasteiger partial charge in [-0.25, -0.2) is 0 Å². The molecule has 0 aliphatic carbocycles. The van der Waals surface area contributed by atoms with Gasteiger partial charge in [-0.1, -0.05) is 29.8 Å². The van der Waals surface area contributed by atoms with E-state index in [0.29, 0.717) is 6.04 Å². The third-order valence-corrected chi connectivity index (χ3v) is 3.26. The molecule has 1 heterocycles. The van der Waals surface area contributed by atoms with Crippen LogP contribution < -0.4 is 5.32 Å². The fourth-order valence-corrected chi connectivity index (χ4v) is 2.07. The molecule has 0 aliphatic heterocycles. The quantitative estimate of drug-likeness (QED) is 0.891. The summed E-state index contributed by atoms with van der Waals surface area (Å²) in [6.45, 7) is 3.03. The van der Waals surface area contributed by atoms with Crippen molar-refractivity contribution in [3.8, 4) is 0 Å². The van der Waals surface area contributed by atoms with Gasteiger partial charge in [-0.05, 0) is 42.7 Å². The van der Waals surface area contributed by atoms with Gasteiger partial charge in [0.25, 0.3) is 0 Å². The largest absolute Gasteiger partial charge is 0.310 e. The van der Waals surface area contributed by atoms with E-state index in [1.807, 2.05) is 42.7 Å². The Morgan fingerprint density at radius 3 is 2.61 bits per heavy atom.